The molecule has 0 aliphatic heterocycles. The number of para-hydroxylation sites is 1. The van der Waals surface area contributed by atoms with Crippen LogP contribution in [0.4, 0.5) is 0 Å². The molecule has 0 aliphatic carbocycles. The maximum atomic E-state index is 5.53. The Kier molecular flexibility index (Phi) is 10.9. The summed E-state index contributed by atoms with van der Waals surface area (Å²) in [6.45, 7) is 11.3. The van der Waals surface area contributed by atoms with Crippen LogP contribution in [0.25, 0.3) is 17.1 Å². The minimum absolute atomic E-state index is 0. The minimum Gasteiger partial charge on any atom is -0.339 e. The van der Waals surface area contributed by atoms with Gasteiger partial charge in [-0.3, -0.25) is 15.0 Å². The number of rotatable bonds is 10. The second-order valence-corrected chi connectivity index (χ2v) is 13.6. The van der Waals surface area contributed by atoms with Crippen molar-refractivity contribution in [2.75, 3.05) is 0 Å². The van der Waals surface area contributed by atoms with Crippen molar-refractivity contribution in [3.8, 4) is 17.1 Å². The molecule has 0 bridgehead atoms. The third-order valence-corrected chi connectivity index (χ3v) is 9.63. The molecule has 3 heterocycles. The van der Waals surface area contributed by atoms with E-state index in [1.807, 2.05) is 60.9 Å². The molecule has 7 rings (SSSR count). The van der Waals surface area contributed by atoms with E-state index >= 15 is 0 Å². The van der Waals surface area contributed by atoms with Gasteiger partial charge in [-0.25, -0.2) is 0 Å². The van der Waals surface area contributed by atoms with Crippen LogP contribution in [-0.4, -0.2) is 19.5 Å². The number of pyridine rings is 2. The fourth-order valence-corrected chi connectivity index (χ4v) is 6.97. The number of hydrogen-bond acceptors (Lipinski definition) is 3. The molecule has 4 nitrogen and oxygen atoms in total. The zero-order valence-corrected chi connectivity index (χ0v) is 32.0. The van der Waals surface area contributed by atoms with Crippen molar-refractivity contribution in [3.05, 3.63) is 203 Å². The average Bonchev–Trinajstić information content (AvgIpc) is 3.60. The fraction of sp³-hybridized carbons (Fsp3) is 0.196. The van der Waals surface area contributed by atoms with E-state index in [4.69, 9.17) is 15.0 Å². The summed E-state index contributed by atoms with van der Waals surface area (Å²) in [6, 6.07) is 52.4. The summed E-state index contributed by atoms with van der Waals surface area (Å²) < 4.78 is 2.31. The Hall–Kier alpha value is -4.96. The normalized spacial score (nSPS) is 13.1. The summed E-state index contributed by atoms with van der Waals surface area (Å²) in [4.78, 5) is 15.2. The van der Waals surface area contributed by atoms with Crippen LogP contribution in [0.15, 0.2) is 140 Å². The van der Waals surface area contributed by atoms with Crippen LogP contribution in [0, 0.1) is 18.2 Å². The molecule has 3 aromatic heterocycles. The van der Waals surface area contributed by atoms with Crippen molar-refractivity contribution >= 4 is 0 Å². The fourth-order valence-electron chi connectivity index (χ4n) is 6.97. The third-order valence-electron chi connectivity index (χ3n) is 9.63. The summed E-state index contributed by atoms with van der Waals surface area (Å²) >= 11 is 0. The maximum absolute atomic E-state index is 5.53. The van der Waals surface area contributed by atoms with Crippen LogP contribution in [0.3, 0.4) is 0 Å². The molecule has 4 aromatic carbocycles. The molecular weight excluding hydrogens is 801 g/mol. The Morgan fingerprint density at radius 2 is 1.27 bits per heavy atom. The summed E-state index contributed by atoms with van der Waals surface area (Å²) in [7, 11) is 0. The van der Waals surface area contributed by atoms with E-state index in [-0.39, 0.29) is 26.0 Å². The van der Waals surface area contributed by atoms with E-state index in [1.54, 1.807) is 0 Å². The van der Waals surface area contributed by atoms with Crippen LogP contribution >= 0.6 is 0 Å². The Morgan fingerprint density at radius 1 is 0.627 bits per heavy atom. The Bertz CT molecular complexity index is 2070. The second-order valence-electron chi connectivity index (χ2n) is 13.6. The Morgan fingerprint density at radius 3 is 1.88 bits per heavy atom. The van der Waals surface area contributed by atoms with E-state index in [0.29, 0.717) is 11.8 Å². The molecule has 2 atom stereocenters. The smallest absolute Gasteiger partial charge is 0.339 e. The number of benzene rings is 4. The van der Waals surface area contributed by atoms with E-state index in [1.165, 1.54) is 16.8 Å². The minimum atomic E-state index is -0.604. The van der Waals surface area contributed by atoms with Crippen molar-refractivity contribution in [1.82, 2.24) is 19.5 Å². The van der Waals surface area contributed by atoms with Gasteiger partial charge in [0.2, 0.25) is 0 Å². The van der Waals surface area contributed by atoms with Gasteiger partial charge in [0.05, 0.1) is 22.9 Å². The van der Waals surface area contributed by atoms with Gasteiger partial charge >= 0.3 is 20.1 Å². The van der Waals surface area contributed by atoms with Crippen molar-refractivity contribution in [2.24, 2.45) is 0 Å². The van der Waals surface area contributed by atoms with Crippen LogP contribution in [0.2, 0.25) is 0 Å². The zero-order valence-electron chi connectivity index (χ0n) is 29.6. The molecule has 0 saturated carbocycles. The van der Waals surface area contributed by atoms with Gasteiger partial charge < -0.3 is 4.57 Å². The summed E-state index contributed by atoms with van der Waals surface area (Å²) in [5.41, 5.74) is 9.81. The first-order chi connectivity index (χ1) is 24.4. The van der Waals surface area contributed by atoms with Crippen molar-refractivity contribution in [1.29, 1.82) is 0 Å². The molecule has 0 aliphatic rings. The topological polar surface area (TPSA) is 43.6 Å². The van der Waals surface area contributed by atoms with Crippen LogP contribution in [-0.2, 0) is 25.5 Å². The van der Waals surface area contributed by atoms with Gasteiger partial charge in [-0.2, -0.15) is 60.7 Å². The van der Waals surface area contributed by atoms with Crippen LogP contribution in [0.5, 0.6) is 0 Å². The summed E-state index contributed by atoms with van der Waals surface area (Å²) in [6.07, 6.45) is 5.92. The van der Waals surface area contributed by atoms with Gasteiger partial charge in [-0.15, -0.1) is 46.5 Å². The SMILES string of the molecule is CC(C)c1cccc(C(C)C)c1-n1cc([C@@H](c2[c-]cccc2)c2ccccn2)nc1-c1[c-]c(C(C)(c2[c-]cccc2)c2ccccn2)ccc1.[Ir+3]. The van der Waals surface area contributed by atoms with E-state index in [9.17, 15) is 0 Å². The molecule has 5 heteroatoms. The van der Waals surface area contributed by atoms with Gasteiger partial charge in [0.1, 0.15) is 0 Å². The molecule has 0 radical (unpaired) electrons. The maximum Gasteiger partial charge on any atom is 3.00 e. The quantitative estimate of drug-likeness (QED) is 0.129. The van der Waals surface area contributed by atoms with Crippen molar-refractivity contribution in [2.45, 2.75) is 57.8 Å². The average molecular weight is 842 g/mol. The molecule has 254 valence electrons. The third kappa shape index (κ3) is 7.02. The molecule has 7 aromatic rings. The number of nitrogens with zero attached hydrogens (tertiary/aromatic N) is 4. The van der Waals surface area contributed by atoms with E-state index < -0.39 is 5.41 Å². The molecule has 51 heavy (non-hydrogen) atoms. The predicted molar refractivity (Wildman–Crippen MR) is 202 cm³/mol. The van der Waals surface area contributed by atoms with Gasteiger partial charge in [0.15, 0.2) is 0 Å². The number of hydrogen-bond donors (Lipinski definition) is 0. The Labute approximate surface area is 316 Å². The second kappa shape index (κ2) is 15.5. The van der Waals surface area contributed by atoms with Gasteiger partial charge in [-0.1, -0.05) is 58.0 Å². The first kappa shape index (κ1) is 35.9. The van der Waals surface area contributed by atoms with Gasteiger partial charge in [0.25, 0.3) is 0 Å². The van der Waals surface area contributed by atoms with Gasteiger partial charge in [0, 0.05) is 35.6 Å². The molecule has 0 N–H and O–H groups in total. The molecular formula is C46H41IrN4. The standard InChI is InChI=1S/C46H41N4.Ir/c1-32(2)38-24-17-25-39(33(3)4)44(38)50-31-41(43(34-18-8-6-9-19-34)40-26-12-14-28-47-40)49-45(50)35-20-16-23-37(30-35)46(5,36-21-10-7-11-22-36)42-27-13-15-29-48-42;/h6-18,20-21,23-29,31-33,43H,1-5H3;/q-3;+3/t43-,46?;/m0./s1. The summed E-state index contributed by atoms with van der Waals surface area (Å²) in [5.74, 6) is 1.21. The molecule has 1 unspecified atom stereocenters. The van der Waals surface area contributed by atoms with E-state index in [2.05, 4.69) is 136 Å². The van der Waals surface area contributed by atoms with Crippen LogP contribution < -0.4 is 0 Å². The Balaban J connectivity index is 0.00000448. The largest absolute Gasteiger partial charge is 3.00 e. The zero-order chi connectivity index (χ0) is 34.7. The first-order valence-electron chi connectivity index (χ1n) is 17.4. The van der Waals surface area contributed by atoms with Crippen molar-refractivity contribution in [3.63, 3.8) is 0 Å². The number of imidazole rings is 1. The molecule has 0 saturated heterocycles. The monoisotopic (exact) mass is 842 g/mol. The predicted octanol–water partition coefficient (Wildman–Crippen LogP) is 10.5. The van der Waals surface area contributed by atoms with Crippen LogP contribution in [0.1, 0.15) is 97.3 Å². The molecule has 0 fully saturated rings. The number of aromatic nitrogens is 4. The summed E-state index contributed by atoms with van der Waals surface area (Å²) in [5, 5.41) is 0. The van der Waals surface area contributed by atoms with Gasteiger partial charge in [-0.05, 0) is 54.2 Å². The first-order valence-corrected chi connectivity index (χ1v) is 17.4. The van der Waals surface area contributed by atoms with Crippen molar-refractivity contribution < 1.29 is 20.1 Å². The molecule has 0 amide bonds. The molecule has 0 spiro atoms. The van der Waals surface area contributed by atoms with E-state index in [0.717, 1.165) is 45.2 Å².